The van der Waals surface area contributed by atoms with E-state index in [9.17, 15) is 4.39 Å². The van der Waals surface area contributed by atoms with E-state index >= 15 is 0 Å². The van der Waals surface area contributed by atoms with E-state index in [1.165, 1.54) is 6.07 Å². The summed E-state index contributed by atoms with van der Waals surface area (Å²) in [6, 6.07) is 5.20. The van der Waals surface area contributed by atoms with Gasteiger partial charge in [-0.3, -0.25) is 0 Å². The Morgan fingerprint density at radius 1 is 1.07 bits per heavy atom. The molecule has 2 N–H and O–H groups in total. The van der Waals surface area contributed by atoms with Gasteiger partial charge < -0.3 is 25.0 Å². The number of rotatable bonds is 13. The highest BCUT2D eigenvalue weighted by Gasteiger charge is 2.05. The lowest BCUT2D eigenvalue weighted by molar-refractivity contribution is 0.0487. The zero-order valence-electron chi connectivity index (χ0n) is 17.2. The molecule has 154 valence electrons. The topological polar surface area (TPSA) is 58.1 Å². The molecule has 0 unspecified atom stereocenters. The van der Waals surface area contributed by atoms with Gasteiger partial charge in [0.05, 0.1) is 32.1 Å². The van der Waals surface area contributed by atoms with E-state index in [0.29, 0.717) is 44.6 Å². The van der Waals surface area contributed by atoms with Crippen molar-refractivity contribution in [1.29, 1.82) is 0 Å². The summed E-state index contributed by atoms with van der Waals surface area (Å²) < 4.78 is 25.0. The number of guanidine groups is 1. The largest absolute Gasteiger partial charge is 0.379 e. The van der Waals surface area contributed by atoms with Gasteiger partial charge in [0.25, 0.3) is 0 Å². The summed E-state index contributed by atoms with van der Waals surface area (Å²) in [7, 11) is 3.64. The van der Waals surface area contributed by atoms with Crippen LogP contribution in [-0.4, -0.2) is 59.6 Å². The third-order valence-electron chi connectivity index (χ3n) is 3.81. The number of hydrogen-bond acceptors (Lipinski definition) is 4. The number of aliphatic imine (C=N–C) groups is 1. The van der Waals surface area contributed by atoms with Crippen LogP contribution in [0.3, 0.4) is 0 Å². The summed E-state index contributed by atoms with van der Waals surface area (Å²) in [5, 5.41) is 6.40. The number of nitrogens with one attached hydrogen (secondary N) is 2. The summed E-state index contributed by atoms with van der Waals surface area (Å²) in [6.45, 7) is 8.56. The van der Waals surface area contributed by atoms with Gasteiger partial charge in [0, 0.05) is 33.8 Å². The number of benzene rings is 1. The molecule has 0 spiro atoms. The average Bonchev–Trinajstić information content (AvgIpc) is 2.64. The molecule has 7 heteroatoms. The van der Waals surface area contributed by atoms with Gasteiger partial charge in [-0.2, -0.15) is 0 Å². The molecule has 0 atom stereocenters. The molecule has 0 bridgehead atoms. The molecule has 0 amide bonds. The van der Waals surface area contributed by atoms with E-state index < -0.39 is 0 Å². The van der Waals surface area contributed by atoms with E-state index in [2.05, 4.69) is 22.5 Å². The summed E-state index contributed by atoms with van der Waals surface area (Å²) >= 11 is 0. The van der Waals surface area contributed by atoms with Crippen molar-refractivity contribution in [2.24, 2.45) is 4.99 Å². The second-order valence-corrected chi connectivity index (χ2v) is 6.38. The molecule has 1 rings (SSSR count). The van der Waals surface area contributed by atoms with Crippen molar-refractivity contribution >= 4 is 11.6 Å². The van der Waals surface area contributed by atoms with Crippen LogP contribution in [0.5, 0.6) is 0 Å². The first kappa shape index (κ1) is 23.2. The van der Waals surface area contributed by atoms with Gasteiger partial charge in [-0.15, -0.1) is 0 Å². The number of nitrogens with zero attached hydrogens (tertiary/aromatic N) is 2. The van der Waals surface area contributed by atoms with Gasteiger partial charge in [0.1, 0.15) is 5.82 Å². The quantitative estimate of drug-likeness (QED) is 0.312. The SMILES string of the molecule is CCCCOCCOCCNC(=NCc1ccc(N(C)C)c(F)c1)NCC. The Morgan fingerprint density at radius 2 is 1.81 bits per heavy atom. The molecule has 0 aliphatic heterocycles. The van der Waals surface area contributed by atoms with E-state index in [1.54, 1.807) is 11.0 Å². The summed E-state index contributed by atoms with van der Waals surface area (Å²) in [4.78, 5) is 6.25. The van der Waals surface area contributed by atoms with Gasteiger partial charge in [-0.05, 0) is 31.0 Å². The van der Waals surface area contributed by atoms with Crippen LogP contribution in [0.25, 0.3) is 0 Å². The smallest absolute Gasteiger partial charge is 0.191 e. The second kappa shape index (κ2) is 14.2. The fourth-order valence-corrected chi connectivity index (χ4v) is 2.33. The maximum Gasteiger partial charge on any atom is 0.191 e. The Labute approximate surface area is 163 Å². The third kappa shape index (κ3) is 10.2. The molecule has 0 saturated carbocycles. The van der Waals surface area contributed by atoms with E-state index in [0.717, 1.165) is 31.6 Å². The highest BCUT2D eigenvalue weighted by atomic mass is 19.1. The Kier molecular flexibility index (Phi) is 12.2. The molecule has 27 heavy (non-hydrogen) atoms. The molecular formula is C20H35FN4O2. The van der Waals surface area contributed by atoms with Gasteiger partial charge >= 0.3 is 0 Å². The third-order valence-corrected chi connectivity index (χ3v) is 3.81. The van der Waals surface area contributed by atoms with Gasteiger partial charge in [0.15, 0.2) is 5.96 Å². The Balaban J connectivity index is 2.34. The maximum atomic E-state index is 14.0. The predicted octanol–water partition coefficient (Wildman–Crippen LogP) is 2.78. The number of halogens is 1. The lowest BCUT2D eigenvalue weighted by Gasteiger charge is -2.14. The van der Waals surface area contributed by atoms with Crippen LogP contribution in [0, 0.1) is 5.82 Å². The van der Waals surface area contributed by atoms with Crippen molar-refractivity contribution < 1.29 is 13.9 Å². The molecule has 0 fully saturated rings. The van der Waals surface area contributed by atoms with Crippen molar-refractivity contribution in [3.8, 4) is 0 Å². The summed E-state index contributed by atoms with van der Waals surface area (Å²) in [5.74, 6) is 0.456. The zero-order chi connectivity index (χ0) is 19.9. The number of anilines is 1. The standard InChI is InChI=1S/C20H35FN4O2/c1-5-7-11-26-13-14-27-12-10-23-20(22-6-2)24-16-17-8-9-19(25(3)4)18(21)15-17/h8-9,15H,5-7,10-14,16H2,1-4H3,(H2,22,23,24). The first-order chi connectivity index (χ1) is 13.1. The summed E-state index contributed by atoms with van der Waals surface area (Å²) in [6.07, 6.45) is 2.23. The molecular weight excluding hydrogens is 347 g/mol. The van der Waals surface area contributed by atoms with Crippen LogP contribution in [0.15, 0.2) is 23.2 Å². The minimum Gasteiger partial charge on any atom is -0.379 e. The fraction of sp³-hybridized carbons (Fsp3) is 0.650. The molecule has 6 nitrogen and oxygen atoms in total. The molecule has 0 heterocycles. The van der Waals surface area contributed by atoms with Crippen LogP contribution < -0.4 is 15.5 Å². The molecule has 1 aromatic carbocycles. The zero-order valence-corrected chi connectivity index (χ0v) is 17.2. The van der Waals surface area contributed by atoms with E-state index in [-0.39, 0.29) is 5.82 Å². The van der Waals surface area contributed by atoms with Crippen LogP contribution >= 0.6 is 0 Å². The molecule has 1 aromatic rings. The van der Waals surface area contributed by atoms with Crippen LogP contribution in [0.4, 0.5) is 10.1 Å². The first-order valence-electron chi connectivity index (χ1n) is 9.71. The van der Waals surface area contributed by atoms with Gasteiger partial charge in [-0.25, -0.2) is 9.38 Å². The minimum atomic E-state index is -0.236. The van der Waals surface area contributed by atoms with Crippen molar-refractivity contribution in [3.05, 3.63) is 29.6 Å². The Morgan fingerprint density at radius 3 is 2.44 bits per heavy atom. The first-order valence-corrected chi connectivity index (χ1v) is 9.71. The van der Waals surface area contributed by atoms with Crippen molar-refractivity contribution in [2.75, 3.05) is 58.5 Å². The monoisotopic (exact) mass is 382 g/mol. The molecule has 0 radical (unpaired) electrons. The van der Waals surface area contributed by atoms with Crippen LogP contribution in [0.1, 0.15) is 32.3 Å². The maximum absolute atomic E-state index is 14.0. The Bertz CT molecular complexity index is 553. The number of hydrogen-bond donors (Lipinski definition) is 2. The molecule has 0 saturated heterocycles. The van der Waals surface area contributed by atoms with Gasteiger partial charge in [-0.1, -0.05) is 19.4 Å². The average molecular weight is 383 g/mol. The van der Waals surface area contributed by atoms with Crippen molar-refractivity contribution in [3.63, 3.8) is 0 Å². The predicted molar refractivity (Wildman–Crippen MR) is 110 cm³/mol. The second-order valence-electron chi connectivity index (χ2n) is 6.38. The molecule has 0 aliphatic rings. The van der Waals surface area contributed by atoms with Crippen LogP contribution in [0.2, 0.25) is 0 Å². The lowest BCUT2D eigenvalue weighted by Crippen LogP contribution is -2.39. The van der Waals surface area contributed by atoms with E-state index in [4.69, 9.17) is 9.47 Å². The number of ether oxygens (including phenoxy) is 2. The van der Waals surface area contributed by atoms with Gasteiger partial charge in [0.2, 0.25) is 0 Å². The lowest BCUT2D eigenvalue weighted by atomic mass is 10.2. The van der Waals surface area contributed by atoms with Crippen molar-refractivity contribution in [1.82, 2.24) is 10.6 Å². The van der Waals surface area contributed by atoms with Crippen molar-refractivity contribution in [2.45, 2.75) is 33.2 Å². The highest BCUT2D eigenvalue weighted by molar-refractivity contribution is 5.79. The number of unbranched alkanes of at least 4 members (excludes halogenated alkanes) is 1. The Hall–Kier alpha value is -1.86. The fourth-order valence-electron chi connectivity index (χ4n) is 2.33. The van der Waals surface area contributed by atoms with E-state index in [1.807, 2.05) is 27.1 Å². The normalized spacial score (nSPS) is 11.5. The summed E-state index contributed by atoms with van der Waals surface area (Å²) in [5.41, 5.74) is 1.40. The minimum absolute atomic E-state index is 0.236. The molecule has 0 aliphatic carbocycles. The molecule has 0 aromatic heterocycles. The van der Waals surface area contributed by atoms with Crippen LogP contribution in [-0.2, 0) is 16.0 Å². The highest BCUT2D eigenvalue weighted by Crippen LogP contribution is 2.18.